The van der Waals surface area contributed by atoms with Gasteiger partial charge in [-0.15, -0.1) is 0 Å². The van der Waals surface area contributed by atoms with E-state index in [2.05, 4.69) is 26.9 Å². The predicted molar refractivity (Wildman–Crippen MR) is 211 cm³/mol. The summed E-state index contributed by atoms with van der Waals surface area (Å²) in [7, 11) is 3.72. The minimum absolute atomic E-state index is 0.290. The summed E-state index contributed by atoms with van der Waals surface area (Å²) in [5.41, 5.74) is 7.07. The second kappa shape index (κ2) is 16.7. The van der Waals surface area contributed by atoms with E-state index in [1.165, 1.54) is 0 Å². The first-order chi connectivity index (χ1) is 26.6. The molecule has 6 N–H and O–H groups in total. The first-order valence-corrected chi connectivity index (χ1v) is 19.2. The molecule has 4 amide bonds. The Balaban J connectivity index is 1.23. The van der Waals surface area contributed by atoms with Gasteiger partial charge in [-0.2, -0.15) is 0 Å². The maximum absolute atomic E-state index is 12.8. The average Bonchev–Trinajstić information content (AvgIpc) is 3.92. The summed E-state index contributed by atoms with van der Waals surface area (Å²) in [4.78, 5) is 64.2. The lowest BCUT2D eigenvalue weighted by Gasteiger charge is -2.34. The van der Waals surface area contributed by atoms with Gasteiger partial charge in [0.05, 0.1) is 23.5 Å². The SMILES string of the molecule is CC[C@@H](C(=O)NC(=O)O)N1[C@H](c2nc(Cl)c(-c3ccc(-c4ccc(-c5[nH]c([C@@H]6CCN(C)N6[C@@H](CC)C(=O)NC(=O)O)nc5Cl)c(C)c4C)cc3)[nH]2)CCN1C. The van der Waals surface area contributed by atoms with Crippen molar-refractivity contribution < 1.29 is 29.4 Å². The summed E-state index contributed by atoms with van der Waals surface area (Å²) in [6.45, 7) is 9.06. The monoisotopic (exact) mass is 808 g/mol. The maximum atomic E-state index is 12.8. The number of nitrogens with zero attached hydrogens (tertiary/aromatic N) is 6. The average molecular weight is 810 g/mol. The van der Waals surface area contributed by atoms with E-state index in [1.54, 1.807) is 0 Å². The molecule has 0 unspecified atom stereocenters. The second-order valence-electron chi connectivity index (χ2n) is 14.1. The minimum atomic E-state index is -1.40. The molecule has 18 heteroatoms. The van der Waals surface area contributed by atoms with Gasteiger partial charge in [0.15, 0.2) is 10.3 Å². The van der Waals surface area contributed by atoms with E-state index < -0.39 is 36.1 Å². The third-order valence-electron chi connectivity index (χ3n) is 10.9. The quantitative estimate of drug-likeness (QED) is 0.0976. The van der Waals surface area contributed by atoms with Crippen molar-refractivity contribution in [3.8, 4) is 33.6 Å². The lowest BCUT2D eigenvalue weighted by atomic mass is 9.92. The molecular formula is C38H46Cl2N10O6. The molecule has 0 saturated carbocycles. The molecule has 0 aliphatic carbocycles. The van der Waals surface area contributed by atoms with Crippen molar-refractivity contribution in [2.45, 2.75) is 77.5 Å². The molecule has 0 bridgehead atoms. The van der Waals surface area contributed by atoms with Crippen molar-refractivity contribution in [2.24, 2.45) is 0 Å². The largest absolute Gasteiger partial charge is 0.465 e. The number of H-pyrrole nitrogens is 2. The van der Waals surface area contributed by atoms with Crippen molar-refractivity contribution in [2.75, 3.05) is 27.2 Å². The van der Waals surface area contributed by atoms with Gasteiger partial charge in [0.2, 0.25) is 11.8 Å². The number of imide groups is 2. The molecule has 298 valence electrons. The Bertz CT molecular complexity index is 2140. The number of aromatic nitrogens is 4. The number of carbonyl (C=O) groups excluding carboxylic acids is 2. The van der Waals surface area contributed by atoms with Crippen LogP contribution in [-0.2, 0) is 9.59 Å². The number of aromatic amines is 2. The van der Waals surface area contributed by atoms with Gasteiger partial charge in [0, 0.05) is 38.3 Å². The van der Waals surface area contributed by atoms with Crippen LogP contribution in [0, 0.1) is 13.8 Å². The zero-order valence-corrected chi connectivity index (χ0v) is 33.5. The Morgan fingerprint density at radius 1 is 0.714 bits per heavy atom. The predicted octanol–water partition coefficient (Wildman–Crippen LogP) is 6.39. The van der Waals surface area contributed by atoms with Crippen molar-refractivity contribution in [3.63, 3.8) is 0 Å². The Hall–Kier alpha value is -4.84. The molecule has 2 aliphatic rings. The lowest BCUT2D eigenvalue weighted by Crippen LogP contribution is -2.52. The first-order valence-electron chi connectivity index (χ1n) is 18.4. The fourth-order valence-electron chi connectivity index (χ4n) is 8.03. The zero-order valence-electron chi connectivity index (χ0n) is 32.0. The molecule has 2 saturated heterocycles. The lowest BCUT2D eigenvalue weighted by molar-refractivity contribution is -0.134. The van der Waals surface area contributed by atoms with E-state index in [0.29, 0.717) is 72.1 Å². The maximum Gasteiger partial charge on any atom is 0.411 e. The fraction of sp³-hybridized carbons (Fsp3) is 0.421. The normalized spacial score (nSPS) is 19.3. The highest BCUT2D eigenvalue weighted by Crippen LogP contribution is 2.40. The number of hydrogen-bond acceptors (Lipinski definition) is 10. The van der Waals surface area contributed by atoms with Gasteiger partial charge in [-0.25, -0.2) is 39.6 Å². The summed E-state index contributed by atoms with van der Waals surface area (Å²) in [6, 6.07) is 9.98. The van der Waals surface area contributed by atoms with E-state index in [-0.39, 0.29) is 12.1 Å². The van der Waals surface area contributed by atoms with Crippen molar-refractivity contribution >= 4 is 47.2 Å². The molecule has 16 nitrogen and oxygen atoms in total. The van der Waals surface area contributed by atoms with Gasteiger partial charge < -0.3 is 20.2 Å². The highest BCUT2D eigenvalue weighted by Gasteiger charge is 2.42. The summed E-state index contributed by atoms with van der Waals surface area (Å²) < 4.78 is 0. The Morgan fingerprint density at radius 3 is 1.59 bits per heavy atom. The number of imidazole rings is 2. The topological polar surface area (TPSA) is 203 Å². The minimum Gasteiger partial charge on any atom is -0.465 e. The van der Waals surface area contributed by atoms with Gasteiger partial charge in [-0.1, -0.05) is 73.4 Å². The summed E-state index contributed by atoms with van der Waals surface area (Å²) in [6.07, 6.45) is -0.668. The number of benzene rings is 2. The Morgan fingerprint density at radius 2 is 1.12 bits per heavy atom. The van der Waals surface area contributed by atoms with Gasteiger partial charge in [-0.05, 0) is 61.8 Å². The Kier molecular flexibility index (Phi) is 12.2. The molecule has 0 radical (unpaired) electrons. The van der Waals surface area contributed by atoms with Crippen molar-refractivity contribution in [3.05, 3.63) is 69.5 Å². The highest BCUT2D eigenvalue weighted by molar-refractivity contribution is 6.32. The number of carbonyl (C=O) groups is 4. The van der Waals surface area contributed by atoms with Crippen molar-refractivity contribution in [1.29, 1.82) is 0 Å². The van der Waals surface area contributed by atoms with E-state index in [0.717, 1.165) is 33.4 Å². The number of nitrogens with one attached hydrogen (secondary N) is 4. The molecule has 2 fully saturated rings. The Labute approximate surface area is 334 Å². The van der Waals surface area contributed by atoms with Crippen LogP contribution in [0.25, 0.3) is 33.6 Å². The number of halogens is 2. The van der Waals surface area contributed by atoms with Crippen LogP contribution in [0.2, 0.25) is 10.3 Å². The van der Waals surface area contributed by atoms with Gasteiger partial charge in [0.25, 0.3) is 0 Å². The standard InChI is InChI=1S/C38H46Cl2N10O6/c1-7-25(35(51)45-37(53)54)49-27(15-17-47(49)5)33-41-29(31(39)43-33)22-11-9-21(10-12-22)23-13-14-24(20(4)19(23)3)30-32(40)44-34(42-30)28-16-18-48(6)50(28)26(8-2)36(52)46-38(55)56/h9-14,25-28H,7-8,15-18H2,1-6H3,(H,41,43)(H,42,44)(H,45,51)(H,46,52)(H,53,54)(H,55,56)/t25-,26-,27-,28-/m0/s1. The fourth-order valence-corrected chi connectivity index (χ4v) is 8.52. The van der Waals surface area contributed by atoms with Crippen LogP contribution in [-0.4, -0.2) is 113 Å². The molecular weight excluding hydrogens is 763 g/mol. The van der Waals surface area contributed by atoms with Gasteiger partial charge in [-0.3, -0.25) is 20.2 Å². The third-order valence-corrected chi connectivity index (χ3v) is 11.4. The van der Waals surface area contributed by atoms with Crippen LogP contribution < -0.4 is 10.6 Å². The molecule has 56 heavy (non-hydrogen) atoms. The van der Waals surface area contributed by atoms with E-state index in [9.17, 15) is 19.2 Å². The highest BCUT2D eigenvalue weighted by atomic mass is 35.5. The summed E-state index contributed by atoms with van der Waals surface area (Å²) >= 11 is 13.5. The molecule has 6 rings (SSSR count). The smallest absolute Gasteiger partial charge is 0.411 e. The van der Waals surface area contributed by atoms with Crippen molar-refractivity contribution in [1.82, 2.24) is 50.6 Å². The van der Waals surface area contributed by atoms with E-state index in [1.807, 2.05) is 102 Å². The summed E-state index contributed by atoms with van der Waals surface area (Å²) in [5.74, 6) is -0.0136. The number of hydrogen-bond donors (Lipinski definition) is 6. The zero-order chi connectivity index (χ0) is 40.6. The number of hydrazine groups is 2. The molecule has 0 spiro atoms. The third kappa shape index (κ3) is 7.90. The van der Waals surface area contributed by atoms with E-state index in [4.69, 9.17) is 33.4 Å². The van der Waals surface area contributed by atoms with Crippen LogP contribution in [0.1, 0.15) is 74.4 Å². The molecule has 2 aliphatic heterocycles. The molecule has 2 aromatic heterocycles. The van der Waals surface area contributed by atoms with E-state index >= 15 is 0 Å². The van der Waals surface area contributed by atoms with Crippen LogP contribution >= 0.6 is 23.2 Å². The molecule has 4 atom stereocenters. The first kappa shape index (κ1) is 40.8. The van der Waals surface area contributed by atoms with Crippen LogP contribution in [0.3, 0.4) is 0 Å². The van der Waals surface area contributed by atoms with Crippen LogP contribution in [0.15, 0.2) is 36.4 Å². The number of amides is 4. The molecule has 2 aromatic carbocycles. The van der Waals surface area contributed by atoms with Crippen LogP contribution in [0.5, 0.6) is 0 Å². The number of rotatable bonds is 11. The number of carboxylic acid groups (broad SMARTS) is 2. The molecule has 4 aromatic rings. The summed E-state index contributed by atoms with van der Waals surface area (Å²) in [5, 5.41) is 30.4. The second-order valence-corrected chi connectivity index (χ2v) is 14.8. The molecule has 4 heterocycles. The van der Waals surface area contributed by atoms with Gasteiger partial charge in [0.1, 0.15) is 23.7 Å². The van der Waals surface area contributed by atoms with Gasteiger partial charge >= 0.3 is 12.2 Å². The van der Waals surface area contributed by atoms with Crippen LogP contribution in [0.4, 0.5) is 9.59 Å².